The molecule has 0 aromatic heterocycles. The van der Waals surface area contributed by atoms with Crippen LogP contribution in [0.3, 0.4) is 0 Å². The van der Waals surface area contributed by atoms with Crippen molar-refractivity contribution in [3.05, 3.63) is 35.9 Å². The van der Waals surface area contributed by atoms with Gasteiger partial charge in [0, 0.05) is 0 Å². The van der Waals surface area contributed by atoms with Crippen LogP contribution in [-0.4, -0.2) is 44.1 Å². The molecule has 1 aromatic rings. The molecule has 0 aliphatic heterocycles. The number of ether oxygens (including phenoxy) is 3. The average Bonchev–Trinajstić information content (AvgIpc) is 2.42. The van der Waals surface area contributed by atoms with E-state index in [0.29, 0.717) is 33.0 Å². The molecule has 1 rings (SSSR count). The topological polar surface area (TPSA) is 65.0 Å². The number of rotatable bonds is 11. The Hall–Kier alpha value is -1.43. The van der Waals surface area contributed by atoms with Crippen molar-refractivity contribution in [2.75, 3.05) is 33.0 Å². The number of hydrogen-bond acceptors (Lipinski definition) is 4. The van der Waals surface area contributed by atoms with Crippen LogP contribution in [0, 0.1) is 0 Å². The van der Waals surface area contributed by atoms with E-state index in [0.717, 1.165) is 5.56 Å². The normalized spacial score (nSPS) is 10.5. The Morgan fingerprint density at radius 2 is 1.47 bits per heavy atom. The van der Waals surface area contributed by atoms with Gasteiger partial charge >= 0.3 is 5.97 Å². The lowest BCUT2D eigenvalue weighted by Crippen LogP contribution is -2.11. The third-order valence-electron chi connectivity index (χ3n) is 2.32. The molecule has 1 aromatic carbocycles. The zero-order valence-corrected chi connectivity index (χ0v) is 10.9. The smallest absolute Gasteiger partial charge is 0.305 e. The first kappa shape index (κ1) is 15.6. The average molecular weight is 268 g/mol. The van der Waals surface area contributed by atoms with Gasteiger partial charge in [-0.2, -0.15) is 0 Å². The van der Waals surface area contributed by atoms with Gasteiger partial charge in [0.1, 0.15) is 0 Å². The molecule has 0 amide bonds. The van der Waals surface area contributed by atoms with Crippen molar-refractivity contribution in [3.63, 3.8) is 0 Å². The highest BCUT2D eigenvalue weighted by atomic mass is 16.5. The highest BCUT2D eigenvalue weighted by molar-refractivity contribution is 5.66. The molecule has 19 heavy (non-hydrogen) atoms. The molecular formula is C14H20O5. The van der Waals surface area contributed by atoms with Gasteiger partial charge in [0.05, 0.1) is 46.1 Å². The Balaban J connectivity index is 1.83. The first-order valence-electron chi connectivity index (χ1n) is 6.28. The van der Waals surface area contributed by atoms with Gasteiger partial charge in [-0.3, -0.25) is 4.79 Å². The maximum Gasteiger partial charge on any atom is 0.305 e. The molecule has 0 unspecified atom stereocenters. The molecule has 5 nitrogen and oxygen atoms in total. The minimum Gasteiger partial charge on any atom is -0.481 e. The standard InChI is InChI=1S/C14H20O5/c15-14(16)6-7-17-8-9-18-10-11-19-12-13-4-2-1-3-5-13/h1-5H,6-12H2,(H,15,16). The van der Waals surface area contributed by atoms with E-state index in [2.05, 4.69) is 0 Å². The summed E-state index contributed by atoms with van der Waals surface area (Å²) in [5, 5.41) is 8.38. The van der Waals surface area contributed by atoms with Crippen molar-refractivity contribution in [3.8, 4) is 0 Å². The molecule has 0 spiro atoms. The third kappa shape index (κ3) is 9.18. The second-order valence-electron chi connectivity index (χ2n) is 3.91. The van der Waals surface area contributed by atoms with Crippen molar-refractivity contribution in [1.29, 1.82) is 0 Å². The lowest BCUT2D eigenvalue weighted by atomic mass is 10.2. The van der Waals surface area contributed by atoms with Gasteiger partial charge in [0.15, 0.2) is 0 Å². The van der Waals surface area contributed by atoms with Crippen LogP contribution in [0.5, 0.6) is 0 Å². The molecule has 106 valence electrons. The molecule has 0 fully saturated rings. The van der Waals surface area contributed by atoms with Crippen molar-refractivity contribution in [2.45, 2.75) is 13.0 Å². The van der Waals surface area contributed by atoms with Crippen LogP contribution >= 0.6 is 0 Å². The van der Waals surface area contributed by atoms with E-state index < -0.39 is 5.97 Å². The van der Waals surface area contributed by atoms with Gasteiger partial charge in [-0.15, -0.1) is 0 Å². The fourth-order valence-electron chi connectivity index (χ4n) is 1.36. The number of hydrogen-bond donors (Lipinski definition) is 1. The van der Waals surface area contributed by atoms with Crippen LogP contribution in [0.1, 0.15) is 12.0 Å². The van der Waals surface area contributed by atoms with E-state index in [1.807, 2.05) is 30.3 Å². The SMILES string of the molecule is O=C(O)CCOCCOCCOCc1ccccc1. The van der Waals surface area contributed by atoms with E-state index in [9.17, 15) is 4.79 Å². The van der Waals surface area contributed by atoms with Crippen molar-refractivity contribution in [1.82, 2.24) is 0 Å². The fraction of sp³-hybridized carbons (Fsp3) is 0.500. The third-order valence-corrected chi connectivity index (χ3v) is 2.32. The van der Waals surface area contributed by atoms with Crippen LogP contribution in [0.15, 0.2) is 30.3 Å². The van der Waals surface area contributed by atoms with Crippen molar-refractivity contribution in [2.24, 2.45) is 0 Å². The monoisotopic (exact) mass is 268 g/mol. The number of benzene rings is 1. The lowest BCUT2D eigenvalue weighted by Gasteiger charge is -2.06. The van der Waals surface area contributed by atoms with Crippen LogP contribution in [-0.2, 0) is 25.6 Å². The molecule has 0 saturated heterocycles. The Morgan fingerprint density at radius 1 is 0.895 bits per heavy atom. The molecule has 0 bridgehead atoms. The second-order valence-corrected chi connectivity index (χ2v) is 3.91. The quantitative estimate of drug-likeness (QED) is 0.619. The summed E-state index contributed by atoms with van der Waals surface area (Å²) in [5.74, 6) is -0.852. The maximum atomic E-state index is 10.2. The lowest BCUT2D eigenvalue weighted by molar-refractivity contribution is -0.138. The van der Waals surface area contributed by atoms with Crippen LogP contribution in [0.2, 0.25) is 0 Å². The van der Waals surface area contributed by atoms with E-state index in [4.69, 9.17) is 19.3 Å². The summed E-state index contributed by atoms with van der Waals surface area (Å²) in [7, 11) is 0. The summed E-state index contributed by atoms with van der Waals surface area (Å²) in [4.78, 5) is 10.2. The molecule has 0 aliphatic carbocycles. The van der Waals surface area contributed by atoms with E-state index in [1.54, 1.807) is 0 Å². The van der Waals surface area contributed by atoms with Gasteiger partial charge in [-0.05, 0) is 5.56 Å². The van der Waals surface area contributed by atoms with Crippen LogP contribution in [0.25, 0.3) is 0 Å². The number of carboxylic acids is 1. The van der Waals surface area contributed by atoms with Gasteiger partial charge < -0.3 is 19.3 Å². The number of carbonyl (C=O) groups is 1. The van der Waals surface area contributed by atoms with Gasteiger partial charge in [0.2, 0.25) is 0 Å². The van der Waals surface area contributed by atoms with Crippen molar-refractivity contribution >= 4 is 5.97 Å². The summed E-state index contributed by atoms with van der Waals surface area (Å²) in [5.41, 5.74) is 1.14. The minimum absolute atomic E-state index is 0.0280. The molecule has 1 N–H and O–H groups in total. The summed E-state index contributed by atoms with van der Waals surface area (Å²) < 4.78 is 15.8. The predicted molar refractivity (Wildman–Crippen MR) is 70.0 cm³/mol. The molecular weight excluding hydrogens is 248 g/mol. The predicted octanol–water partition coefficient (Wildman–Crippen LogP) is 1.71. The van der Waals surface area contributed by atoms with Crippen LogP contribution in [0.4, 0.5) is 0 Å². The zero-order valence-electron chi connectivity index (χ0n) is 10.9. The highest BCUT2D eigenvalue weighted by Crippen LogP contribution is 1.99. The van der Waals surface area contributed by atoms with Gasteiger partial charge in [0.25, 0.3) is 0 Å². The summed E-state index contributed by atoms with van der Waals surface area (Å²) >= 11 is 0. The number of carboxylic acid groups (broad SMARTS) is 1. The molecule has 0 saturated carbocycles. The second kappa shape index (κ2) is 10.5. The van der Waals surface area contributed by atoms with Crippen LogP contribution < -0.4 is 0 Å². The van der Waals surface area contributed by atoms with Gasteiger partial charge in [-0.25, -0.2) is 0 Å². The first-order chi connectivity index (χ1) is 9.29. The largest absolute Gasteiger partial charge is 0.481 e. The molecule has 0 heterocycles. The maximum absolute atomic E-state index is 10.2. The summed E-state index contributed by atoms with van der Waals surface area (Å²) in [6, 6.07) is 9.94. The van der Waals surface area contributed by atoms with E-state index in [-0.39, 0.29) is 13.0 Å². The zero-order chi connectivity index (χ0) is 13.8. The molecule has 0 atom stereocenters. The first-order valence-corrected chi connectivity index (χ1v) is 6.28. The van der Waals surface area contributed by atoms with Gasteiger partial charge in [-0.1, -0.05) is 30.3 Å². The summed E-state index contributed by atoms with van der Waals surface area (Å²) in [6.07, 6.45) is 0.0280. The Kier molecular flexibility index (Phi) is 8.63. The Labute approximate surface area is 113 Å². The van der Waals surface area contributed by atoms with E-state index >= 15 is 0 Å². The molecule has 0 aliphatic rings. The Bertz CT molecular complexity index is 339. The van der Waals surface area contributed by atoms with E-state index in [1.165, 1.54) is 0 Å². The summed E-state index contributed by atoms with van der Waals surface area (Å²) in [6.45, 7) is 2.71. The highest BCUT2D eigenvalue weighted by Gasteiger charge is 1.96. The fourth-order valence-corrected chi connectivity index (χ4v) is 1.36. The molecule has 0 radical (unpaired) electrons. The Morgan fingerprint density at radius 3 is 2.11 bits per heavy atom. The molecule has 5 heteroatoms. The van der Waals surface area contributed by atoms with Crippen molar-refractivity contribution < 1.29 is 24.1 Å². The minimum atomic E-state index is -0.852. The number of aliphatic carboxylic acids is 1.